The van der Waals surface area contributed by atoms with Gasteiger partial charge in [-0.3, -0.25) is 4.79 Å². The Kier molecular flexibility index (Phi) is 4.04. The summed E-state index contributed by atoms with van der Waals surface area (Å²) in [6, 6.07) is -0.634. The molecule has 5 heteroatoms. The highest BCUT2D eigenvalue weighted by Crippen LogP contribution is 2.13. The Balaban J connectivity index is 2.52. The number of carbonyl (C=O) groups is 1. The molecule has 16 heavy (non-hydrogen) atoms. The first-order valence-electron chi connectivity index (χ1n) is 5.17. The standard InChI is InChI=1S/C11H18N2O2S/c1-7-6-16-9(13-7)5-8(12)10(14)15-11(2,3)4/h6,8H,5,12H2,1-4H3. The van der Waals surface area contributed by atoms with Crippen LogP contribution in [0.25, 0.3) is 0 Å². The minimum absolute atomic E-state index is 0.375. The van der Waals surface area contributed by atoms with Crippen molar-refractivity contribution in [3.8, 4) is 0 Å². The molecule has 0 aliphatic carbocycles. The fourth-order valence-electron chi connectivity index (χ4n) is 1.15. The monoisotopic (exact) mass is 242 g/mol. The molecule has 0 saturated heterocycles. The van der Waals surface area contributed by atoms with Gasteiger partial charge in [-0.05, 0) is 27.7 Å². The molecule has 0 bridgehead atoms. The maximum atomic E-state index is 11.6. The van der Waals surface area contributed by atoms with Crippen molar-refractivity contribution in [1.82, 2.24) is 4.98 Å². The van der Waals surface area contributed by atoms with Crippen molar-refractivity contribution < 1.29 is 9.53 Å². The van der Waals surface area contributed by atoms with Crippen molar-refractivity contribution in [2.75, 3.05) is 0 Å². The van der Waals surface area contributed by atoms with Crippen LogP contribution in [0.1, 0.15) is 31.5 Å². The zero-order chi connectivity index (χ0) is 12.3. The SMILES string of the molecule is Cc1csc(CC(N)C(=O)OC(C)(C)C)n1. The molecule has 0 aromatic carbocycles. The second kappa shape index (κ2) is 4.93. The Hall–Kier alpha value is -0.940. The predicted octanol–water partition coefficient (Wildman–Crippen LogP) is 1.66. The van der Waals surface area contributed by atoms with Crippen LogP contribution in [-0.2, 0) is 16.0 Å². The van der Waals surface area contributed by atoms with E-state index >= 15 is 0 Å². The minimum Gasteiger partial charge on any atom is -0.459 e. The summed E-state index contributed by atoms with van der Waals surface area (Å²) in [5.41, 5.74) is 6.22. The van der Waals surface area contributed by atoms with Crippen LogP contribution in [0.5, 0.6) is 0 Å². The van der Waals surface area contributed by atoms with Gasteiger partial charge >= 0.3 is 5.97 Å². The van der Waals surface area contributed by atoms with Crippen molar-refractivity contribution in [3.05, 3.63) is 16.1 Å². The summed E-state index contributed by atoms with van der Waals surface area (Å²) in [5.74, 6) is -0.375. The summed E-state index contributed by atoms with van der Waals surface area (Å²) in [6.07, 6.45) is 0.438. The lowest BCUT2D eigenvalue weighted by molar-refractivity contribution is -0.156. The first-order valence-corrected chi connectivity index (χ1v) is 6.05. The van der Waals surface area contributed by atoms with E-state index in [0.29, 0.717) is 6.42 Å². The Bertz CT molecular complexity index is 368. The molecule has 0 spiro atoms. The van der Waals surface area contributed by atoms with Gasteiger partial charge in [-0.2, -0.15) is 0 Å². The largest absolute Gasteiger partial charge is 0.459 e. The average Bonchev–Trinajstić information content (AvgIpc) is 2.48. The molecule has 0 amide bonds. The van der Waals surface area contributed by atoms with Crippen LogP contribution in [0.3, 0.4) is 0 Å². The zero-order valence-electron chi connectivity index (χ0n) is 10.1. The Labute approximate surface area is 99.8 Å². The molecule has 0 radical (unpaired) electrons. The third kappa shape index (κ3) is 4.28. The van der Waals surface area contributed by atoms with Crippen molar-refractivity contribution in [2.24, 2.45) is 5.73 Å². The van der Waals surface area contributed by atoms with E-state index in [4.69, 9.17) is 10.5 Å². The normalized spacial score (nSPS) is 13.6. The molecular formula is C11H18N2O2S. The third-order valence-corrected chi connectivity index (χ3v) is 2.76. The van der Waals surface area contributed by atoms with Gasteiger partial charge in [-0.1, -0.05) is 0 Å². The molecule has 0 aliphatic heterocycles. The van der Waals surface area contributed by atoms with Gasteiger partial charge in [-0.15, -0.1) is 11.3 Å². The summed E-state index contributed by atoms with van der Waals surface area (Å²) in [7, 11) is 0. The van der Waals surface area contributed by atoms with Crippen LogP contribution in [0.4, 0.5) is 0 Å². The van der Waals surface area contributed by atoms with E-state index in [0.717, 1.165) is 10.7 Å². The van der Waals surface area contributed by atoms with Gasteiger partial charge < -0.3 is 10.5 Å². The molecule has 1 rings (SSSR count). The Morgan fingerprint density at radius 2 is 2.25 bits per heavy atom. The van der Waals surface area contributed by atoms with Crippen LogP contribution < -0.4 is 5.73 Å². The van der Waals surface area contributed by atoms with Gasteiger partial charge in [0.25, 0.3) is 0 Å². The van der Waals surface area contributed by atoms with Crippen molar-refractivity contribution >= 4 is 17.3 Å². The van der Waals surface area contributed by atoms with Crippen LogP contribution in [0.15, 0.2) is 5.38 Å². The smallest absolute Gasteiger partial charge is 0.323 e. The lowest BCUT2D eigenvalue weighted by atomic mass is 10.1. The number of nitrogens with zero attached hydrogens (tertiary/aromatic N) is 1. The third-order valence-electron chi connectivity index (χ3n) is 1.77. The number of carbonyl (C=O) groups excluding carboxylic acids is 1. The summed E-state index contributed by atoms with van der Waals surface area (Å²) in [4.78, 5) is 15.9. The van der Waals surface area contributed by atoms with E-state index in [9.17, 15) is 4.79 Å². The van der Waals surface area contributed by atoms with Crippen LogP contribution >= 0.6 is 11.3 Å². The van der Waals surface area contributed by atoms with E-state index in [1.807, 2.05) is 33.1 Å². The van der Waals surface area contributed by atoms with Gasteiger partial charge in [0.15, 0.2) is 0 Å². The second-order valence-electron chi connectivity index (χ2n) is 4.73. The van der Waals surface area contributed by atoms with Crippen molar-refractivity contribution in [3.63, 3.8) is 0 Å². The molecule has 4 nitrogen and oxygen atoms in total. The van der Waals surface area contributed by atoms with Gasteiger partial charge in [0, 0.05) is 17.5 Å². The molecule has 1 unspecified atom stereocenters. The van der Waals surface area contributed by atoms with E-state index in [1.165, 1.54) is 11.3 Å². The topological polar surface area (TPSA) is 65.2 Å². The number of rotatable bonds is 3. The molecule has 1 atom stereocenters. The lowest BCUT2D eigenvalue weighted by Gasteiger charge is -2.21. The maximum absolute atomic E-state index is 11.6. The Morgan fingerprint density at radius 1 is 1.62 bits per heavy atom. The summed E-state index contributed by atoms with van der Waals surface area (Å²) in [6.45, 7) is 7.39. The minimum atomic E-state index is -0.634. The molecule has 0 aliphatic rings. The molecule has 1 heterocycles. The van der Waals surface area contributed by atoms with Gasteiger partial charge in [-0.25, -0.2) is 4.98 Å². The predicted molar refractivity (Wildman–Crippen MR) is 64.4 cm³/mol. The number of nitrogens with two attached hydrogens (primary N) is 1. The summed E-state index contributed by atoms with van der Waals surface area (Å²) >= 11 is 1.51. The number of hydrogen-bond acceptors (Lipinski definition) is 5. The van der Waals surface area contributed by atoms with E-state index in [1.54, 1.807) is 0 Å². The molecule has 2 N–H and O–H groups in total. The first-order chi connectivity index (χ1) is 7.28. The number of thiazole rings is 1. The molecule has 90 valence electrons. The van der Waals surface area contributed by atoms with Crippen LogP contribution in [0, 0.1) is 6.92 Å². The maximum Gasteiger partial charge on any atom is 0.323 e. The highest BCUT2D eigenvalue weighted by Gasteiger charge is 2.23. The fraction of sp³-hybridized carbons (Fsp3) is 0.636. The average molecular weight is 242 g/mol. The van der Waals surface area contributed by atoms with Crippen molar-refractivity contribution in [2.45, 2.75) is 45.8 Å². The quantitative estimate of drug-likeness (QED) is 0.819. The zero-order valence-corrected chi connectivity index (χ0v) is 10.9. The summed E-state index contributed by atoms with van der Waals surface area (Å²) in [5, 5.41) is 2.81. The number of ether oxygens (including phenoxy) is 1. The Morgan fingerprint density at radius 3 is 2.69 bits per heavy atom. The van der Waals surface area contributed by atoms with Crippen LogP contribution in [-0.4, -0.2) is 22.6 Å². The van der Waals surface area contributed by atoms with Crippen LogP contribution in [0.2, 0.25) is 0 Å². The van der Waals surface area contributed by atoms with E-state index in [-0.39, 0.29) is 5.97 Å². The van der Waals surface area contributed by atoms with Gasteiger partial charge in [0.2, 0.25) is 0 Å². The number of aromatic nitrogens is 1. The molecule has 1 aromatic heterocycles. The lowest BCUT2D eigenvalue weighted by Crippen LogP contribution is -2.38. The number of esters is 1. The molecule has 1 aromatic rings. The van der Waals surface area contributed by atoms with E-state index in [2.05, 4.69) is 4.98 Å². The van der Waals surface area contributed by atoms with E-state index < -0.39 is 11.6 Å². The second-order valence-corrected chi connectivity index (χ2v) is 5.67. The molecular weight excluding hydrogens is 224 g/mol. The van der Waals surface area contributed by atoms with Crippen molar-refractivity contribution in [1.29, 1.82) is 0 Å². The number of aryl methyl sites for hydroxylation is 1. The molecule has 0 saturated carbocycles. The molecule has 0 fully saturated rings. The van der Waals surface area contributed by atoms with Gasteiger partial charge in [0.05, 0.1) is 5.01 Å². The highest BCUT2D eigenvalue weighted by atomic mass is 32.1. The first kappa shape index (κ1) is 13.1. The highest BCUT2D eigenvalue weighted by molar-refractivity contribution is 7.09. The van der Waals surface area contributed by atoms with Gasteiger partial charge in [0.1, 0.15) is 11.6 Å². The fourth-order valence-corrected chi connectivity index (χ4v) is 1.98. The number of hydrogen-bond donors (Lipinski definition) is 1. The summed E-state index contributed by atoms with van der Waals surface area (Å²) < 4.78 is 5.19.